The molecule has 0 unspecified atom stereocenters. The Hall–Kier alpha value is -1.05. The van der Waals surface area contributed by atoms with Crippen LogP contribution < -0.4 is 5.73 Å². The van der Waals surface area contributed by atoms with Crippen molar-refractivity contribution < 1.29 is 0 Å². The van der Waals surface area contributed by atoms with Crippen molar-refractivity contribution in [2.45, 2.75) is 40.0 Å². The minimum Gasteiger partial charge on any atom is -0.384 e. The fourth-order valence-electron chi connectivity index (χ4n) is 1.69. The van der Waals surface area contributed by atoms with Gasteiger partial charge in [-0.15, -0.1) is 0 Å². The average Bonchev–Trinajstić information content (AvgIpc) is 2.02. The van der Waals surface area contributed by atoms with Crippen LogP contribution in [0.25, 0.3) is 0 Å². The van der Waals surface area contributed by atoms with E-state index in [1.165, 1.54) is 11.1 Å². The molecule has 2 N–H and O–H groups in total. The second kappa shape index (κ2) is 3.77. The lowest BCUT2D eigenvalue weighted by atomic mass is 9.98. The number of anilines is 1. The molecule has 0 aliphatic rings. The molecule has 0 saturated heterocycles. The molecule has 0 amide bonds. The maximum Gasteiger partial charge on any atom is 0.123 e. The summed E-state index contributed by atoms with van der Waals surface area (Å²) in [5, 5.41) is 0. The molecule has 0 aliphatic carbocycles. The summed E-state index contributed by atoms with van der Waals surface area (Å²) >= 11 is 0. The van der Waals surface area contributed by atoms with Crippen molar-refractivity contribution in [3.63, 3.8) is 0 Å². The molecule has 0 spiro atoms. The number of aryl methyl sites for hydroxylation is 1. The quantitative estimate of drug-likeness (QED) is 0.756. The van der Waals surface area contributed by atoms with Gasteiger partial charge in [-0.3, -0.25) is 0 Å². The van der Waals surface area contributed by atoms with E-state index >= 15 is 0 Å². The number of rotatable bonds is 2. The first kappa shape index (κ1) is 10.0. The molecule has 0 atom stereocenters. The van der Waals surface area contributed by atoms with Gasteiger partial charge in [-0.1, -0.05) is 20.8 Å². The number of nitrogens with zero attached hydrogens (tertiary/aromatic N) is 1. The van der Waals surface area contributed by atoms with Gasteiger partial charge in [0.05, 0.1) is 0 Å². The van der Waals surface area contributed by atoms with Crippen LogP contribution >= 0.6 is 0 Å². The van der Waals surface area contributed by atoms with Crippen LogP contribution in [0.1, 0.15) is 43.5 Å². The smallest absolute Gasteiger partial charge is 0.123 e. The van der Waals surface area contributed by atoms with E-state index in [0.29, 0.717) is 11.7 Å². The van der Waals surface area contributed by atoms with E-state index < -0.39 is 0 Å². The molecule has 0 fully saturated rings. The summed E-state index contributed by atoms with van der Waals surface area (Å²) in [6.07, 6.45) is 1.03. The Bertz CT molecular complexity index is 303. The van der Waals surface area contributed by atoms with Crippen molar-refractivity contribution in [1.29, 1.82) is 0 Å². The summed E-state index contributed by atoms with van der Waals surface area (Å²) < 4.78 is 0. The zero-order valence-corrected chi connectivity index (χ0v) is 8.89. The molecule has 72 valence electrons. The molecular formula is C11H18N2. The first-order valence-electron chi connectivity index (χ1n) is 4.82. The van der Waals surface area contributed by atoms with E-state index in [2.05, 4.69) is 32.7 Å². The van der Waals surface area contributed by atoms with Crippen molar-refractivity contribution in [1.82, 2.24) is 4.98 Å². The normalized spacial score (nSPS) is 10.8. The van der Waals surface area contributed by atoms with Crippen molar-refractivity contribution in [2.24, 2.45) is 0 Å². The fourth-order valence-corrected chi connectivity index (χ4v) is 1.69. The molecule has 2 nitrogen and oxygen atoms in total. The number of nitrogens with two attached hydrogens (primary N) is 1. The van der Waals surface area contributed by atoms with Crippen LogP contribution in [0.3, 0.4) is 0 Å². The Morgan fingerprint density at radius 2 is 2.08 bits per heavy atom. The third-order valence-electron chi connectivity index (χ3n) is 2.30. The second-order valence-electron chi connectivity index (χ2n) is 3.74. The first-order valence-corrected chi connectivity index (χ1v) is 4.82. The molecule has 0 aliphatic heterocycles. The molecule has 1 aromatic heterocycles. The van der Waals surface area contributed by atoms with Crippen molar-refractivity contribution in [3.05, 3.63) is 22.9 Å². The van der Waals surface area contributed by atoms with Gasteiger partial charge in [-0.2, -0.15) is 0 Å². The highest BCUT2D eigenvalue weighted by molar-refractivity contribution is 5.41. The van der Waals surface area contributed by atoms with Gasteiger partial charge < -0.3 is 5.73 Å². The van der Waals surface area contributed by atoms with Gasteiger partial charge in [-0.25, -0.2) is 4.98 Å². The minimum atomic E-state index is 0.456. The zero-order valence-electron chi connectivity index (χ0n) is 8.89. The zero-order chi connectivity index (χ0) is 10.0. The third kappa shape index (κ3) is 2.00. The van der Waals surface area contributed by atoms with Crippen LogP contribution in [0.5, 0.6) is 0 Å². The second-order valence-corrected chi connectivity index (χ2v) is 3.74. The Balaban J connectivity index is 3.29. The lowest BCUT2D eigenvalue weighted by molar-refractivity contribution is 0.798. The van der Waals surface area contributed by atoms with Gasteiger partial charge in [0.25, 0.3) is 0 Å². The summed E-state index contributed by atoms with van der Waals surface area (Å²) in [7, 11) is 0. The number of nitrogen functional groups attached to an aromatic ring is 1. The molecule has 13 heavy (non-hydrogen) atoms. The van der Waals surface area contributed by atoms with E-state index in [9.17, 15) is 0 Å². The van der Waals surface area contributed by atoms with E-state index in [1.54, 1.807) is 0 Å². The van der Waals surface area contributed by atoms with Crippen molar-refractivity contribution in [3.8, 4) is 0 Å². The van der Waals surface area contributed by atoms with Gasteiger partial charge >= 0.3 is 0 Å². The van der Waals surface area contributed by atoms with Gasteiger partial charge in [0.1, 0.15) is 5.82 Å². The highest BCUT2D eigenvalue weighted by atomic mass is 14.8. The summed E-state index contributed by atoms with van der Waals surface area (Å²) in [6.45, 7) is 8.57. The van der Waals surface area contributed by atoms with Crippen LogP contribution in [0.2, 0.25) is 0 Å². The van der Waals surface area contributed by atoms with E-state index in [-0.39, 0.29) is 0 Å². The van der Waals surface area contributed by atoms with Gasteiger partial charge in [0, 0.05) is 5.69 Å². The monoisotopic (exact) mass is 178 g/mol. The predicted octanol–water partition coefficient (Wildman–Crippen LogP) is 2.66. The topological polar surface area (TPSA) is 38.9 Å². The van der Waals surface area contributed by atoms with Crippen LogP contribution in [0, 0.1) is 6.92 Å². The van der Waals surface area contributed by atoms with Crippen LogP contribution in [0.15, 0.2) is 6.07 Å². The van der Waals surface area contributed by atoms with Gasteiger partial charge in [0.15, 0.2) is 0 Å². The Labute approximate surface area is 80.2 Å². The number of pyridine rings is 1. The van der Waals surface area contributed by atoms with Crippen molar-refractivity contribution >= 4 is 5.82 Å². The lowest BCUT2D eigenvalue weighted by Crippen LogP contribution is -2.04. The van der Waals surface area contributed by atoms with Crippen LogP contribution in [-0.2, 0) is 6.42 Å². The summed E-state index contributed by atoms with van der Waals surface area (Å²) in [5.41, 5.74) is 9.48. The first-order chi connectivity index (χ1) is 6.06. The maximum absolute atomic E-state index is 5.71. The molecule has 0 bridgehead atoms. The third-order valence-corrected chi connectivity index (χ3v) is 2.30. The van der Waals surface area contributed by atoms with Gasteiger partial charge in [0.2, 0.25) is 0 Å². The summed E-state index contributed by atoms with van der Waals surface area (Å²) in [5.74, 6) is 1.09. The molecule has 2 heteroatoms. The summed E-state index contributed by atoms with van der Waals surface area (Å²) in [4.78, 5) is 4.38. The number of hydrogen-bond acceptors (Lipinski definition) is 2. The highest BCUT2D eigenvalue weighted by Crippen LogP contribution is 2.22. The maximum atomic E-state index is 5.71. The van der Waals surface area contributed by atoms with E-state index in [0.717, 1.165) is 12.1 Å². The molecule has 0 radical (unpaired) electrons. The Kier molecular flexibility index (Phi) is 2.91. The van der Waals surface area contributed by atoms with Crippen LogP contribution in [-0.4, -0.2) is 4.98 Å². The molecule has 1 rings (SSSR count). The highest BCUT2D eigenvalue weighted by Gasteiger charge is 2.10. The molecule has 0 saturated carbocycles. The standard InChI is InChI=1S/C11H18N2/c1-5-9-8(4)6-10(12)13-11(9)7(2)3/h6-7H,5H2,1-4H3,(H2,12,13). The predicted molar refractivity (Wildman–Crippen MR) is 56.9 cm³/mol. The number of aromatic nitrogens is 1. The Morgan fingerprint density at radius 1 is 1.46 bits per heavy atom. The SMILES string of the molecule is CCc1c(C)cc(N)nc1C(C)C. The largest absolute Gasteiger partial charge is 0.384 e. The van der Waals surface area contributed by atoms with Crippen LogP contribution in [0.4, 0.5) is 5.82 Å². The molecule has 0 aromatic carbocycles. The molecular weight excluding hydrogens is 160 g/mol. The Morgan fingerprint density at radius 3 is 2.54 bits per heavy atom. The molecule has 1 aromatic rings. The van der Waals surface area contributed by atoms with Crippen molar-refractivity contribution in [2.75, 3.05) is 5.73 Å². The molecule has 1 heterocycles. The lowest BCUT2D eigenvalue weighted by Gasteiger charge is -2.13. The van der Waals surface area contributed by atoms with Gasteiger partial charge in [-0.05, 0) is 36.5 Å². The van der Waals surface area contributed by atoms with E-state index in [1.807, 2.05) is 6.07 Å². The fraction of sp³-hybridized carbons (Fsp3) is 0.545. The minimum absolute atomic E-state index is 0.456. The van der Waals surface area contributed by atoms with E-state index in [4.69, 9.17) is 5.73 Å². The average molecular weight is 178 g/mol. The number of hydrogen-bond donors (Lipinski definition) is 1. The summed E-state index contributed by atoms with van der Waals surface area (Å²) in [6, 6.07) is 1.95.